The first kappa shape index (κ1) is 20.1. The summed E-state index contributed by atoms with van der Waals surface area (Å²) in [4.78, 5) is 24.8. The molecule has 7 heteroatoms. The Morgan fingerprint density at radius 2 is 1.69 bits per heavy atom. The number of nitrogens with zero attached hydrogens (tertiary/aromatic N) is 1. The summed E-state index contributed by atoms with van der Waals surface area (Å²) < 4.78 is 10.4. The Labute approximate surface area is 169 Å². The second-order valence-corrected chi connectivity index (χ2v) is 6.64. The van der Waals surface area contributed by atoms with Crippen molar-refractivity contribution in [3.8, 4) is 17.1 Å². The van der Waals surface area contributed by atoms with Crippen LogP contribution in [-0.4, -0.2) is 30.1 Å². The van der Waals surface area contributed by atoms with E-state index in [1.807, 2.05) is 49.4 Å². The highest BCUT2D eigenvalue weighted by Gasteiger charge is 2.21. The zero-order valence-electron chi connectivity index (χ0n) is 16.5. The minimum Gasteiger partial charge on any atom is -0.497 e. The number of carbonyl (C=O) groups is 2. The van der Waals surface area contributed by atoms with Crippen LogP contribution in [-0.2, 0) is 4.79 Å². The quantitative estimate of drug-likeness (QED) is 0.642. The van der Waals surface area contributed by atoms with Gasteiger partial charge in [0.15, 0.2) is 11.5 Å². The number of ether oxygens (including phenoxy) is 1. The third-order valence-electron chi connectivity index (χ3n) is 4.52. The summed E-state index contributed by atoms with van der Waals surface area (Å²) in [5.74, 6) is 0.403. The molecule has 0 spiro atoms. The highest BCUT2D eigenvalue weighted by molar-refractivity contribution is 5.96. The second kappa shape index (κ2) is 9.05. The summed E-state index contributed by atoms with van der Waals surface area (Å²) in [6.45, 7) is 3.51. The SMILES string of the molecule is COc1ccc(-c2cc(C(=O)N[C@H](C)C(=O)N[C@H](C)c3ccccc3)no2)cc1. The minimum absolute atomic E-state index is 0.103. The van der Waals surface area contributed by atoms with Gasteiger partial charge in [0.25, 0.3) is 5.91 Å². The fourth-order valence-electron chi connectivity index (χ4n) is 2.77. The molecule has 7 nitrogen and oxygen atoms in total. The van der Waals surface area contributed by atoms with E-state index in [9.17, 15) is 9.59 Å². The van der Waals surface area contributed by atoms with Crippen LogP contribution in [0, 0.1) is 0 Å². The molecular weight excluding hydrogens is 370 g/mol. The van der Waals surface area contributed by atoms with E-state index in [-0.39, 0.29) is 17.6 Å². The fraction of sp³-hybridized carbons (Fsp3) is 0.227. The van der Waals surface area contributed by atoms with Crippen LogP contribution in [0.1, 0.15) is 35.9 Å². The minimum atomic E-state index is -0.727. The molecule has 2 aromatic carbocycles. The zero-order chi connectivity index (χ0) is 20.8. The van der Waals surface area contributed by atoms with Gasteiger partial charge in [-0.1, -0.05) is 35.5 Å². The van der Waals surface area contributed by atoms with Crippen molar-refractivity contribution >= 4 is 11.8 Å². The van der Waals surface area contributed by atoms with E-state index >= 15 is 0 Å². The molecule has 150 valence electrons. The summed E-state index contributed by atoms with van der Waals surface area (Å²) in [7, 11) is 1.59. The highest BCUT2D eigenvalue weighted by atomic mass is 16.5. The lowest BCUT2D eigenvalue weighted by Crippen LogP contribution is -2.45. The van der Waals surface area contributed by atoms with Crippen molar-refractivity contribution in [2.75, 3.05) is 7.11 Å². The van der Waals surface area contributed by atoms with Gasteiger partial charge in [-0.05, 0) is 43.7 Å². The Kier molecular flexibility index (Phi) is 6.29. The summed E-state index contributed by atoms with van der Waals surface area (Å²) >= 11 is 0. The summed E-state index contributed by atoms with van der Waals surface area (Å²) in [5.41, 5.74) is 1.85. The Morgan fingerprint density at radius 1 is 1.00 bits per heavy atom. The molecule has 0 radical (unpaired) electrons. The van der Waals surface area contributed by atoms with Gasteiger partial charge in [-0.2, -0.15) is 0 Å². The van der Waals surface area contributed by atoms with Crippen molar-refractivity contribution in [1.29, 1.82) is 0 Å². The highest BCUT2D eigenvalue weighted by Crippen LogP contribution is 2.23. The first-order valence-corrected chi connectivity index (χ1v) is 9.25. The molecule has 0 bridgehead atoms. The molecule has 1 aromatic heterocycles. The number of amides is 2. The predicted molar refractivity (Wildman–Crippen MR) is 108 cm³/mol. The van der Waals surface area contributed by atoms with E-state index in [0.29, 0.717) is 5.76 Å². The van der Waals surface area contributed by atoms with E-state index in [1.54, 1.807) is 26.2 Å². The van der Waals surface area contributed by atoms with Gasteiger partial charge in [0.2, 0.25) is 5.91 Å². The molecule has 0 fully saturated rings. The van der Waals surface area contributed by atoms with Crippen molar-refractivity contribution in [2.24, 2.45) is 0 Å². The lowest BCUT2D eigenvalue weighted by atomic mass is 10.1. The maximum atomic E-state index is 12.4. The first-order chi connectivity index (χ1) is 14.0. The van der Waals surface area contributed by atoms with Crippen LogP contribution in [0.5, 0.6) is 5.75 Å². The zero-order valence-corrected chi connectivity index (χ0v) is 16.5. The van der Waals surface area contributed by atoms with Crippen LogP contribution in [0.4, 0.5) is 0 Å². The summed E-state index contributed by atoms with van der Waals surface area (Å²) in [6, 6.07) is 17.4. The van der Waals surface area contributed by atoms with Gasteiger partial charge in [-0.25, -0.2) is 0 Å². The number of aromatic nitrogens is 1. The monoisotopic (exact) mass is 393 g/mol. The van der Waals surface area contributed by atoms with Crippen LogP contribution < -0.4 is 15.4 Å². The molecule has 2 N–H and O–H groups in total. The molecule has 0 saturated heterocycles. The molecule has 2 atom stereocenters. The molecule has 0 saturated carbocycles. The van der Waals surface area contributed by atoms with Crippen LogP contribution in [0.3, 0.4) is 0 Å². The van der Waals surface area contributed by atoms with Crippen molar-refractivity contribution in [3.05, 3.63) is 71.9 Å². The van der Waals surface area contributed by atoms with E-state index in [0.717, 1.165) is 16.9 Å². The molecule has 29 heavy (non-hydrogen) atoms. The van der Waals surface area contributed by atoms with Crippen LogP contribution in [0.2, 0.25) is 0 Å². The summed E-state index contributed by atoms with van der Waals surface area (Å²) in [6.07, 6.45) is 0. The average Bonchev–Trinajstić information content (AvgIpc) is 3.24. The molecule has 0 aliphatic heterocycles. The lowest BCUT2D eigenvalue weighted by molar-refractivity contribution is -0.123. The van der Waals surface area contributed by atoms with E-state index in [2.05, 4.69) is 15.8 Å². The molecule has 1 heterocycles. The molecule has 0 aliphatic carbocycles. The molecule has 3 rings (SSSR count). The Hall–Kier alpha value is -3.61. The number of rotatable bonds is 7. The standard InChI is InChI=1S/C22H23N3O4/c1-14(16-7-5-4-6-8-16)23-21(26)15(2)24-22(27)19-13-20(29-25-19)17-9-11-18(28-3)12-10-17/h4-15H,1-3H3,(H,23,26)(H,24,27)/t14-,15-/m1/s1. The van der Waals surface area contributed by atoms with Gasteiger partial charge in [0.1, 0.15) is 11.8 Å². The number of hydrogen-bond donors (Lipinski definition) is 2. The Balaban J connectivity index is 1.59. The molecule has 2 amide bonds. The van der Waals surface area contributed by atoms with Crippen LogP contribution in [0.15, 0.2) is 65.2 Å². The lowest BCUT2D eigenvalue weighted by Gasteiger charge is -2.18. The number of carbonyl (C=O) groups excluding carboxylic acids is 2. The third kappa shape index (κ3) is 5.01. The van der Waals surface area contributed by atoms with Crippen molar-refractivity contribution < 1.29 is 18.8 Å². The number of nitrogens with one attached hydrogen (secondary N) is 2. The van der Waals surface area contributed by atoms with Gasteiger partial charge >= 0.3 is 0 Å². The smallest absolute Gasteiger partial charge is 0.274 e. The van der Waals surface area contributed by atoms with E-state index < -0.39 is 11.9 Å². The van der Waals surface area contributed by atoms with Gasteiger partial charge in [0.05, 0.1) is 13.2 Å². The normalized spacial score (nSPS) is 12.7. The molecular formula is C22H23N3O4. The number of benzene rings is 2. The topological polar surface area (TPSA) is 93.5 Å². The van der Waals surface area contributed by atoms with E-state index in [1.165, 1.54) is 6.07 Å². The third-order valence-corrected chi connectivity index (χ3v) is 4.52. The van der Waals surface area contributed by atoms with E-state index in [4.69, 9.17) is 9.26 Å². The maximum Gasteiger partial charge on any atom is 0.274 e. The predicted octanol–water partition coefficient (Wildman–Crippen LogP) is 3.35. The van der Waals surface area contributed by atoms with Crippen LogP contribution >= 0.6 is 0 Å². The van der Waals surface area contributed by atoms with Crippen molar-refractivity contribution in [2.45, 2.75) is 25.9 Å². The summed E-state index contributed by atoms with van der Waals surface area (Å²) in [5, 5.41) is 9.33. The van der Waals surface area contributed by atoms with Gasteiger partial charge < -0.3 is 19.9 Å². The Morgan fingerprint density at radius 3 is 2.34 bits per heavy atom. The van der Waals surface area contributed by atoms with Gasteiger partial charge in [-0.3, -0.25) is 9.59 Å². The van der Waals surface area contributed by atoms with Crippen molar-refractivity contribution in [1.82, 2.24) is 15.8 Å². The number of hydrogen-bond acceptors (Lipinski definition) is 5. The van der Waals surface area contributed by atoms with Gasteiger partial charge in [0, 0.05) is 11.6 Å². The van der Waals surface area contributed by atoms with Crippen LogP contribution in [0.25, 0.3) is 11.3 Å². The maximum absolute atomic E-state index is 12.4. The number of methoxy groups -OCH3 is 1. The second-order valence-electron chi connectivity index (χ2n) is 6.64. The first-order valence-electron chi connectivity index (χ1n) is 9.25. The molecule has 0 unspecified atom stereocenters. The molecule has 3 aromatic rings. The van der Waals surface area contributed by atoms with Gasteiger partial charge in [-0.15, -0.1) is 0 Å². The fourth-order valence-corrected chi connectivity index (χ4v) is 2.77. The Bertz CT molecular complexity index is 967. The largest absolute Gasteiger partial charge is 0.497 e. The average molecular weight is 393 g/mol. The molecule has 0 aliphatic rings. The van der Waals surface area contributed by atoms with Crippen molar-refractivity contribution in [3.63, 3.8) is 0 Å².